The Morgan fingerprint density at radius 3 is 2.29 bits per heavy atom. The third-order valence-corrected chi connectivity index (χ3v) is 2.89. The molecule has 0 unspecified atom stereocenters. The molecule has 2 aromatic carbocycles. The summed E-state index contributed by atoms with van der Waals surface area (Å²) in [5.41, 5.74) is -1.45. The van der Waals surface area contributed by atoms with E-state index in [-0.39, 0.29) is 17.4 Å². The van der Waals surface area contributed by atoms with Gasteiger partial charge in [-0.15, -0.1) is 0 Å². The number of alkyl halides is 3. The highest BCUT2D eigenvalue weighted by Crippen LogP contribution is 2.37. The summed E-state index contributed by atoms with van der Waals surface area (Å²) in [5.74, 6) is -0.422. The lowest BCUT2D eigenvalue weighted by Crippen LogP contribution is -2.06. The van der Waals surface area contributed by atoms with E-state index in [0.29, 0.717) is 17.8 Å². The molecule has 6 nitrogen and oxygen atoms in total. The third-order valence-electron chi connectivity index (χ3n) is 2.89. The van der Waals surface area contributed by atoms with Crippen LogP contribution in [0.4, 0.5) is 24.5 Å². The van der Waals surface area contributed by atoms with E-state index < -0.39 is 22.4 Å². The first kappa shape index (κ1) is 17.3. The Balaban J connectivity index is 2.29. The number of nitrogens with one attached hydrogen (secondary N) is 1. The van der Waals surface area contributed by atoms with Gasteiger partial charge >= 0.3 is 11.9 Å². The van der Waals surface area contributed by atoms with E-state index in [4.69, 9.17) is 4.74 Å². The number of hydrogen-bond acceptors (Lipinski definition) is 4. The number of carbonyl (C=O) groups excluding carboxylic acids is 1. The minimum Gasteiger partial charge on any atom is -0.450 e. The largest absolute Gasteiger partial charge is 0.450 e. The van der Waals surface area contributed by atoms with Crippen molar-refractivity contribution in [3.8, 4) is 11.5 Å². The zero-order valence-electron chi connectivity index (χ0n) is 12.3. The Morgan fingerprint density at radius 1 is 1.17 bits per heavy atom. The zero-order chi connectivity index (χ0) is 17.9. The van der Waals surface area contributed by atoms with Crippen molar-refractivity contribution in [3.05, 3.63) is 58.1 Å². The molecule has 0 radical (unpaired) electrons. The lowest BCUT2D eigenvalue weighted by Gasteiger charge is -2.10. The van der Waals surface area contributed by atoms with Crippen LogP contribution in [-0.2, 0) is 11.0 Å². The number of ether oxygens (including phenoxy) is 1. The molecule has 0 fully saturated rings. The molecule has 9 heteroatoms. The number of rotatable bonds is 4. The molecule has 1 N–H and O–H groups in total. The van der Waals surface area contributed by atoms with Crippen molar-refractivity contribution in [2.45, 2.75) is 13.1 Å². The fourth-order valence-electron chi connectivity index (χ4n) is 1.86. The Labute approximate surface area is 134 Å². The molecular formula is C15H11F3N2O4. The van der Waals surface area contributed by atoms with Gasteiger partial charge in [-0.25, -0.2) is 0 Å². The first-order valence-electron chi connectivity index (χ1n) is 6.58. The van der Waals surface area contributed by atoms with Gasteiger partial charge in [-0.05, 0) is 36.4 Å². The lowest BCUT2D eigenvalue weighted by atomic mass is 10.2. The molecule has 0 saturated carbocycles. The summed E-state index contributed by atoms with van der Waals surface area (Å²) in [4.78, 5) is 20.9. The molecule has 0 heterocycles. The van der Waals surface area contributed by atoms with Gasteiger partial charge in [0.15, 0.2) is 0 Å². The molecule has 24 heavy (non-hydrogen) atoms. The van der Waals surface area contributed by atoms with E-state index in [9.17, 15) is 28.1 Å². The van der Waals surface area contributed by atoms with Gasteiger partial charge in [-0.3, -0.25) is 14.9 Å². The zero-order valence-corrected chi connectivity index (χ0v) is 12.3. The predicted molar refractivity (Wildman–Crippen MR) is 78.9 cm³/mol. The Morgan fingerprint density at radius 2 is 1.79 bits per heavy atom. The normalized spacial score (nSPS) is 11.0. The monoisotopic (exact) mass is 340 g/mol. The van der Waals surface area contributed by atoms with Crippen LogP contribution in [0.3, 0.4) is 0 Å². The van der Waals surface area contributed by atoms with Crippen LogP contribution in [0.1, 0.15) is 12.5 Å². The quantitative estimate of drug-likeness (QED) is 0.662. The van der Waals surface area contributed by atoms with Crippen molar-refractivity contribution >= 4 is 17.3 Å². The summed E-state index contributed by atoms with van der Waals surface area (Å²) >= 11 is 0. The lowest BCUT2D eigenvalue weighted by molar-refractivity contribution is -0.385. The number of halogens is 3. The Kier molecular flexibility index (Phi) is 4.72. The number of nitro groups is 1. The van der Waals surface area contributed by atoms with E-state index in [2.05, 4.69) is 5.32 Å². The van der Waals surface area contributed by atoms with Crippen LogP contribution in [0.2, 0.25) is 0 Å². The van der Waals surface area contributed by atoms with Gasteiger partial charge in [0.25, 0.3) is 0 Å². The minimum atomic E-state index is -4.69. The highest BCUT2D eigenvalue weighted by Gasteiger charge is 2.33. The van der Waals surface area contributed by atoms with E-state index in [1.165, 1.54) is 31.2 Å². The Hall–Kier alpha value is -3.10. The first-order valence-corrected chi connectivity index (χ1v) is 6.58. The number of benzene rings is 2. The molecule has 0 saturated heterocycles. The Bertz CT molecular complexity index is 773. The van der Waals surface area contributed by atoms with Crippen LogP contribution in [0.25, 0.3) is 0 Å². The van der Waals surface area contributed by atoms with Crippen molar-refractivity contribution in [2.75, 3.05) is 5.32 Å². The molecule has 0 aromatic heterocycles. The van der Waals surface area contributed by atoms with Crippen LogP contribution >= 0.6 is 0 Å². The van der Waals surface area contributed by atoms with E-state index in [1.54, 1.807) is 0 Å². The minimum absolute atomic E-state index is 0.173. The second-order valence-corrected chi connectivity index (χ2v) is 4.74. The molecule has 2 aromatic rings. The van der Waals surface area contributed by atoms with Crippen molar-refractivity contribution in [2.24, 2.45) is 0 Å². The number of nitro benzene ring substituents is 1. The number of anilines is 1. The smallest absolute Gasteiger partial charge is 0.416 e. The average Bonchev–Trinajstić information content (AvgIpc) is 2.47. The molecule has 1 amide bonds. The number of carbonyl (C=O) groups is 1. The first-order chi connectivity index (χ1) is 11.2. The maximum Gasteiger partial charge on any atom is 0.416 e. The summed E-state index contributed by atoms with van der Waals surface area (Å²) in [7, 11) is 0. The molecule has 0 atom stereocenters. The predicted octanol–water partition coefficient (Wildman–Crippen LogP) is 4.36. The highest BCUT2D eigenvalue weighted by molar-refractivity contribution is 5.88. The maximum absolute atomic E-state index is 12.6. The second kappa shape index (κ2) is 6.57. The molecule has 0 bridgehead atoms. The second-order valence-electron chi connectivity index (χ2n) is 4.74. The van der Waals surface area contributed by atoms with Crippen LogP contribution in [0.15, 0.2) is 42.5 Å². The molecule has 0 aliphatic heterocycles. The summed E-state index contributed by atoms with van der Waals surface area (Å²) in [5, 5.41) is 13.5. The van der Waals surface area contributed by atoms with Crippen LogP contribution < -0.4 is 10.1 Å². The van der Waals surface area contributed by atoms with E-state index in [1.807, 2.05) is 0 Å². The SMILES string of the molecule is CC(=O)Nc1ccc(Oc2ccc(C(F)(F)F)cc2[N+](=O)[O-])cc1. The highest BCUT2D eigenvalue weighted by atomic mass is 19.4. The van der Waals surface area contributed by atoms with E-state index >= 15 is 0 Å². The van der Waals surface area contributed by atoms with Gasteiger partial charge in [-0.1, -0.05) is 0 Å². The fraction of sp³-hybridized carbons (Fsp3) is 0.133. The molecular weight excluding hydrogens is 329 g/mol. The third kappa shape index (κ3) is 4.22. The summed E-state index contributed by atoms with van der Waals surface area (Å²) < 4.78 is 43.2. The molecule has 2 rings (SSSR count). The number of hydrogen-bond donors (Lipinski definition) is 1. The molecule has 0 aliphatic rings. The number of amides is 1. The fourth-order valence-corrected chi connectivity index (χ4v) is 1.86. The molecule has 0 aliphatic carbocycles. The van der Waals surface area contributed by atoms with Gasteiger partial charge in [0, 0.05) is 18.7 Å². The average molecular weight is 340 g/mol. The van der Waals surface area contributed by atoms with Crippen molar-refractivity contribution in [3.63, 3.8) is 0 Å². The number of nitrogens with zero attached hydrogens (tertiary/aromatic N) is 1. The van der Waals surface area contributed by atoms with Gasteiger partial charge in [0.2, 0.25) is 11.7 Å². The van der Waals surface area contributed by atoms with Gasteiger partial charge in [0.05, 0.1) is 10.5 Å². The van der Waals surface area contributed by atoms with Gasteiger partial charge in [-0.2, -0.15) is 13.2 Å². The van der Waals surface area contributed by atoms with Crippen molar-refractivity contribution in [1.29, 1.82) is 0 Å². The van der Waals surface area contributed by atoms with Gasteiger partial charge < -0.3 is 10.1 Å². The molecule has 0 spiro atoms. The van der Waals surface area contributed by atoms with Crippen LogP contribution in [0.5, 0.6) is 11.5 Å². The topological polar surface area (TPSA) is 81.5 Å². The molecule has 126 valence electrons. The van der Waals surface area contributed by atoms with Crippen LogP contribution in [0, 0.1) is 10.1 Å². The standard InChI is InChI=1S/C15H11F3N2O4/c1-9(21)19-11-3-5-12(6-4-11)24-14-7-2-10(15(16,17)18)8-13(14)20(22)23/h2-8H,1H3,(H,19,21). The summed E-state index contributed by atoms with van der Waals surface area (Å²) in [6.07, 6.45) is -4.69. The maximum atomic E-state index is 12.6. The summed E-state index contributed by atoms with van der Waals surface area (Å²) in [6.45, 7) is 1.33. The van der Waals surface area contributed by atoms with Crippen molar-refractivity contribution in [1.82, 2.24) is 0 Å². The summed E-state index contributed by atoms with van der Waals surface area (Å²) in [6, 6.07) is 7.84. The van der Waals surface area contributed by atoms with E-state index in [0.717, 1.165) is 6.07 Å². The van der Waals surface area contributed by atoms with Crippen LogP contribution in [-0.4, -0.2) is 10.8 Å². The van der Waals surface area contributed by atoms with Gasteiger partial charge in [0.1, 0.15) is 5.75 Å². The van der Waals surface area contributed by atoms with Crippen molar-refractivity contribution < 1.29 is 27.6 Å².